The average molecular weight is 237 g/mol. The molecule has 0 saturated carbocycles. The minimum absolute atomic E-state index is 0.141. The van der Waals surface area contributed by atoms with Gasteiger partial charge in [-0.15, -0.1) is 0 Å². The quantitative estimate of drug-likeness (QED) is 0.593. The Hall–Kier alpha value is -1.72. The Morgan fingerprint density at radius 2 is 1.88 bits per heavy atom. The van der Waals surface area contributed by atoms with Crippen LogP contribution in [0.4, 0.5) is 0 Å². The van der Waals surface area contributed by atoms with E-state index in [0.29, 0.717) is 5.56 Å². The molecule has 0 heterocycles. The molecule has 0 bridgehead atoms. The first-order valence-electron chi connectivity index (χ1n) is 5.30. The van der Waals surface area contributed by atoms with Crippen molar-refractivity contribution in [1.82, 2.24) is 5.32 Å². The number of carbonyl (C=O) groups is 2. The second-order valence-electron chi connectivity index (χ2n) is 3.56. The number of nitrogens with one attached hydrogen (secondary N) is 1. The molecular formula is C12H15NO4. The molecule has 0 fully saturated rings. The first-order chi connectivity index (χ1) is 8.15. The van der Waals surface area contributed by atoms with E-state index in [1.807, 2.05) is 0 Å². The van der Waals surface area contributed by atoms with Crippen LogP contribution < -0.4 is 5.32 Å². The van der Waals surface area contributed by atoms with E-state index in [0.717, 1.165) is 0 Å². The first kappa shape index (κ1) is 13.3. The minimum Gasteiger partial charge on any atom is -0.481 e. The highest BCUT2D eigenvalue weighted by Gasteiger charge is 2.21. The van der Waals surface area contributed by atoms with Gasteiger partial charge in [-0.25, -0.2) is 0 Å². The lowest BCUT2D eigenvalue weighted by Gasteiger charge is -2.14. The van der Waals surface area contributed by atoms with Crippen LogP contribution in [0.2, 0.25) is 0 Å². The molecule has 1 aromatic carbocycles. The number of Topliss-reactive ketones (excluding diaryl/α,β-unsaturated/α-hetero) is 1. The molecule has 92 valence electrons. The molecule has 0 aliphatic rings. The molecule has 0 aromatic heterocycles. The molecule has 1 unspecified atom stereocenters. The molecule has 0 aliphatic heterocycles. The Balaban J connectivity index is 2.75. The number of aliphatic carboxylic acids is 1. The molecule has 5 nitrogen and oxygen atoms in total. The highest BCUT2D eigenvalue weighted by atomic mass is 16.4. The number of benzene rings is 1. The van der Waals surface area contributed by atoms with Crippen molar-refractivity contribution in [2.24, 2.45) is 0 Å². The molecule has 5 heteroatoms. The number of carboxylic acids is 1. The van der Waals surface area contributed by atoms with Crippen LogP contribution in [0.5, 0.6) is 0 Å². The number of aliphatic hydroxyl groups excluding tert-OH is 1. The lowest BCUT2D eigenvalue weighted by atomic mass is 10.0. The maximum Gasteiger partial charge on any atom is 0.305 e. The van der Waals surface area contributed by atoms with Crippen LogP contribution in [0, 0.1) is 0 Å². The van der Waals surface area contributed by atoms with Crippen molar-refractivity contribution >= 4 is 11.8 Å². The summed E-state index contributed by atoms with van der Waals surface area (Å²) < 4.78 is 0. The molecule has 0 saturated heterocycles. The Morgan fingerprint density at radius 1 is 1.24 bits per heavy atom. The molecular weight excluding hydrogens is 222 g/mol. The number of ketones is 1. The number of carboxylic acid groups (broad SMARTS) is 1. The van der Waals surface area contributed by atoms with Crippen molar-refractivity contribution in [3.63, 3.8) is 0 Å². The van der Waals surface area contributed by atoms with Crippen molar-refractivity contribution in [2.75, 3.05) is 13.2 Å². The third-order valence-corrected chi connectivity index (χ3v) is 2.26. The zero-order chi connectivity index (χ0) is 12.7. The summed E-state index contributed by atoms with van der Waals surface area (Å²) in [6, 6.07) is 7.69. The second kappa shape index (κ2) is 6.78. The highest BCUT2D eigenvalue weighted by molar-refractivity contribution is 6.01. The third-order valence-electron chi connectivity index (χ3n) is 2.26. The van der Waals surface area contributed by atoms with E-state index in [9.17, 15) is 9.59 Å². The summed E-state index contributed by atoms with van der Waals surface area (Å²) in [6.45, 7) is 0.0503. The summed E-state index contributed by atoms with van der Waals surface area (Å²) in [4.78, 5) is 22.6. The molecule has 0 spiro atoms. The van der Waals surface area contributed by atoms with E-state index >= 15 is 0 Å². The van der Waals surface area contributed by atoms with Gasteiger partial charge in [0, 0.05) is 12.1 Å². The van der Waals surface area contributed by atoms with Crippen LogP contribution in [-0.2, 0) is 4.79 Å². The van der Waals surface area contributed by atoms with E-state index in [1.54, 1.807) is 30.3 Å². The van der Waals surface area contributed by atoms with Gasteiger partial charge in [-0.3, -0.25) is 9.59 Å². The monoisotopic (exact) mass is 237 g/mol. The van der Waals surface area contributed by atoms with Gasteiger partial charge < -0.3 is 15.5 Å². The molecule has 0 amide bonds. The predicted octanol–water partition coefficient (Wildman–Crippen LogP) is 0.294. The predicted molar refractivity (Wildman–Crippen MR) is 61.9 cm³/mol. The summed E-state index contributed by atoms with van der Waals surface area (Å²) in [7, 11) is 0. The van der Waals surface area contributed by atoms with Crippen molar-refractivity contribution < 1.29 is 19.8 Å². The number of rotatable bonds is 7. The van der Waals surface area contributed by atoms with E-state index < -0.39 is 12.0 Å². The summed E-state index contributed by atoms with van der Waals surface area (Å²) in [5.74, 6) is -1.33. The fraction of sp³-hybridized carbons (Fsp3) is 0.333. The highest BCUT2D eigenvalue weighted by Crippen LogP contribution is 2.06. The molecule has 1 atom stereocenters. The number of aliphatic hydroxyl groups is 1. The molecule has 3 N–H and O–H groups in total. The minimum atomic E-state index is -1.05. The van der Waals surface area contributed by atoms with E-state index in [-0.39, 0.29) is 25.4 Å². The molecule has 0 radical (unpaired) electrons. The number of hydrogen-bond donors (Lipinski definition) is 3. The molecule has 1 aromatic rings. The molecule has 0 aliphatic carbocycles. The standard InChI is InChI=1S/C12H15NO4/c14-7-6-13-10(8-11(15)16)12(17)9-4-2-1-3-5-9/h1-5,10,13-14H,6-8H2,(H,15,16). The summed E-state index contributed by atoms with van der Waals surface area (Å²) in [5.41, 5.74) is 0.462. The summed E-state index contributed by atoms with van der Waals surface area (Å²) >= 11 is 0. The van der Waals surface area contributed by atoms with Gasteiger partial charge in [0.05, 0.1) is 19.1 Å². The Bertz CT molecular complexity index is 377. The lowest BCUT2D eigenvalue weighted by molar-refractivity contribution is -0.137. The van der Waals surface area contributed by atoms with Crippen molar-refractivity contribution in [1.29, 1.82) is 0 Å². The van der Waals surface area contributed by atoms with E-state index in [2.05, 4.69) is 5.32 Å². The maximum atomic E-state index is 12.0. The van der Waals surface area contributed by atoms with Crippen LogP contribution >= 0.6 is 0 Å². The Morgan fingerprint density at radius 3 is 2.41 bits per heavy atom. The first-order valence-corrected chi connectivity index (χ1v) is 5.30. The zero-order valence-electron chi connectivity index (χ0n) is 9.30. The van der Waals surface area contributed by atoms with Gasteiger partial charge in [-0.05, 0) is 0 Å². The lowest BCUT2D eigenvalue weighted by Crippen LogP contribution is -2.40. The van der Waals surface area contributed by atoms with Crippen LogP contribution in [0.1, 0.15) is 16.8 Å². The van der Waals surface area contributed by atoms with Crippen molar-refractivity contribution in [3.05, 3.63) is 35.9 Å². The van der Waals surface area contributed by atoms with Crippen LogP contribution in [0.3, 0.4) is 0 Å². The fourth-order valence-corrected chi connectivity index (χ4v) is 1.47. The SMILES string of the molecule is O=C(O)CC(NCCO)C(=O)c1ccccc1. The molecule has 17 heavy (non-hydrogen) atoms. The number of hydrogen-bond acceptors (Lipinski definition) is 4. The van der Waals surface area contributed by atoms with Gasteiger partial charge in [0.15, 0.2) is 5.78 Å². The smallest absolute Gasteiger partial charge is 0.305 e. The Kier molecular flexibility index (Phi) is 5.32. The molecule has 1 rings (SSSR count). The van der Waals surface area contributed by atoms with Gasteiger partial charge in [0.2, 0.25) is 0 Å². The maximum absolute atomic E-state index is 12.0. The van der Waals surface area contributed by atoms with E-state index in [4.69, 9.17) is 10.2 Å². The fourth-order valence-electron chi connectivity index (χ4n) is 1.47. The second-order valence-corrected chi connectivity index (χ2v) is 3.56. The van der Waals surface area contributed by atoms with Crippen molar-refractivity contribution in [3.8, 4) is 0 Å². The summed E-state index contributed by atoms with van der Waals surface area (Å²) in [5, 5.41) is 20.1. The topological polar surface area (TPSA) is 86.6 Å². The average Bonchev–Trinajstić information content (AvgIpc) is 2.34. The third kappa shape index (κ3) is 4.34. The van der Waals surface area contributed by atoms with E-state index in [1.165, 1.54) is 0 Å². The zero-order valence-corrected chi connectivity index (χ0v) is 9.30. The number of carbonyl (C=O) groups excluding carboxylic acids is 1. The van der Waals surface area contributed by atoms with Gasteiger partial charge in [-0.1, -0.05) is 30.3 Å². The van der Waals surface area contributed by atoms with Gasteiger partial charge in [0.1, 0.15) is 0 Å². The van der Waals surface area contributed by atoms with Gasteiger partial charge >= 0.3 is 5.97 Å². The normalized spacial score (nSPS) is 12.1. The Labute approximate surface area is 99.1 Å². The largest absolute Gasteiger partial charge is 0.481 e. The van der Waals surface area contributed by atoms with Crippen LogP contribution in [0.15, 0.2) is 30.3 Å². The van der Waals surface area contributed by atoms with Gasteiger partial charge in [0.25, 0.3) is 0 Å². The summed E-state index contributed by atoms with van der Waals surface area (Å²) in [6.07, 6.45) is -0.298. The van der Waals surface area contributed by atoms with Gasteiger partial charge in [-0.2, -0.15) is 0 Å². The van der Waals surface area contributed by atoms with Crippen molar-refractivity contribution in [2.45, 2.75) is 12.5 Å². The van der Waals surface area contributed by atoms with Crippen LogP contribution in [0.25, 0.3) is 0 Å². The van der Waals surface area contributed by atoms with Crippen LogP contribution in [-0.4, -0.2) is 41.2 Å².